The Morgan fingerprint density at radius 1 is 0.871 bits per heavy atom. The van der Waals surface area contributed by atoms with Crippen molar-refractivity contribution in [1.29, 1.82) is 0 Å². The predicted octanol–water partition coefficient (Wildman–Crippen LogP) is 8.86. The number of methoxy groups -OCH3 is 1. The molecule has 0 saturated carbocycles. The Bertz CT molecular complexity index is 1700. The number of aromatic nitrogens is 1. The topological polar surface area (TPSA) is 156 Å². The van der Waals surface area contributed by atoms with Gasteiger partial charge in [-0.3, -0.25) is 24.1 Å². The molecule has 350 valence electrons. The van der Waals surface area contributed by atoms with E-state index in [9.17, 15) is 24.0 Å². The van der Waals surface area contributed by atoms with Gasteiger partial charge in [0.25, 0.3) is 5.91 Å². The molecule has 1 aromatic heterocycles. The number of amides is 4. The van der Waals surface area contributed by atoms with Crippen LogP contribution in [0.1, 0.15) is 149 Å². The van der Waals surface area contributed by atoms with E-state index >= 15 is 0 Å². The Morgan fingerprint density at radius 2 is 1.52 bits per heavy atom. The summed E-state index contributed by atoms with van der Waals surface area (Å²) in [6, 6.07) is 7.41. The molecule has 2 N–H and O–H groups in total. The van der Waals surface area contributed by atoms with Crippen LogP contribution in [0, 0.1) is 29.6 Å². The summed E-state index contributed by atoms with van der Waals surface area (Å²) >= 11 is 1.34. The molecule has 0 unspecified atom stereocenters. The summed E-state index contributed by atoms with van der Waals surface area (Å²) in [6.45, 7) is 26.2. The number of ether oxygens (including phenoxy) is 3. The fraction of sp³-hybridized carbons (Fsp3) is 0.708. The summed E-state index contributed by atoms with van der Waals surface area (Å²) in [4.78, 5) is 77.0. The average molecular weight is 886 g/mol. The largest absolute Gasteiger partial charge is 0.469 e. The maximum atomic E-state index is 15.0. The van der Waals surface area contributed by atoms with Crippen LogP contribution in [0.25, 0.3) is 0 Å². The van der Waals surface area contributed by atoms with Crippen LogP contribution in [0.4, 0.5) is 4.79 Å². The first-order valence-corrected chi connectivity index (χ1v) is 23.5. The second kappa shape index (κ2) is 25.9. The molecular weight excluding hydrogens is 807 g/mol. The van der Waals surface area contributed by atoms with Crippen LogP contribution < -0.4 is 10.6 Å². The number of thiazole rings is 1. The van der Waals surface area contributed by atoms with Crippen LogP contribution in [0.5, 0.6) is 0 Å². The molecule has 0 bridgehead atoms. The van der Waals surface area contributed by atoms with E-state index in [1.165, 1.54) is 23.3 Å². The van der Waals surface area contributed by atoms with Crippen LogP contribution in [0.15, 0.2) is 35.7 Å². The van der Waals surface area contributed by atoms with Gasteiger partial charge in [0.15, 0.2) is 0 Å². The van der Waals surface area contributed by atoms with Crippen LogP contribution in [-0.4, -0.2) is 102 Å². The fourth-order valence-corrected chi connectivity index (χ4v) is 8.31. The molecule has 0 aliphatic rings. The van der Waals surface area contributed by atoms with Crippen molar-refractivity contribution in [3.05, 3.63) is 52.0 Å². The molecule has 2 aromatic rings. The Morgan fingerprint density at radius 3 is 2.05 bits per heavy atom. The number of rotatable bonds is 25. The molecule has 0 spiro atoms. The first-order valence-electron chi connectivity index (χ1n) is 22.7. The quantitative estimate of drug-likeness (QED) is 0.0931. The average Bonchev–Trinajstić information content (AvgIpc) is 3.71. The zero-order chi connectivity index (χ0) is 46.9. The highest BCUT2D eigenvalue weighted by Crippen LogP contribution is 2.32. The van der Waals surface area contributed by atoms with Crippen molar-refractivity contribution in [3.8, 4) is 0 Å². The number of esters is 1. The van der Waals surface area contributed by atoms with Crippen molar-refractivity contribution in [3.63, 3.8) is 0 Å². The first kappa shape index (κ1) is 54.1. The lowest BCUT2D eigenvalue weighted by molar-refractivity contribution is -0.145. The van der Waals surface area contributed by atoms with Gasteiger partial charge >= 0.3 is 12.1 Å². The molecule has 4 amide bonds. The van der Waals surface area contributed by atoms with Crippen molar-refractivity contribution in [2.75, 3.05) is 27.3 Å². The molecule has 8 atom stereocenters. The Balaban J connectivity index is 2.49. The molecule has 13 nitrogen and oxygen atoms in total. The highest BCUT2D eigenvalue weighted by atomic mass is 32.1. The van der Waals surface area contributed by atoms with Crippen molar-refractivity contribution < 1.29 is 38.2 Å². The Labute approximate surface area is 376 Å². The minimum absolute atomic E-state index is 0.00296. The molecule has 0 radical (unpaired) electrons. The Hall–Kier alpha value is -4.04. The number of carbonyl (C=O) groups is 5. The maximum absolute atomic E-state index is 15.0. The number of carbonyl (C=O) groups excluding carboxylic acids is 5. The third-order valence-corrected chi connectivity index (χ3v) is 12.5. The molecule has 62 heavy (non-hydrogen) atoms. The van der Waals surface area contributed by atoms with Gasteiger partial charge in [0.1, 0.15) is 34.5 Å². The van der Waals surface area contributed by atoms with E-state index in [1.807, 2.05) is 83.7 Å². The second-order valence-electron chi connectivity index (χ2n) is 18.5. The molecular formula is C48H79N5O8S. The number of hydrogen-bond donors (Lipinski definition) is 2. The van der Waals surface area contributed by atoms with Crippen LogP contribution in [-0.2, 0) is 35.0 Å². The van der Waals surface area contributed by atoms with Gasteiger partial charge < -0.3 is 29.7 Å². The number of likely N-dealkylation sites (N-methyl/N-ethyl adjacent to an activating group) is 1. The lowest BCUT2D eigenvalue weighted by Crippen LogP contribution is -2.60. The summed E-state index contributed by atoms with van der Waals surface area (Å²) in [7, 11) is 2.94. The van der Waals surface area contributed by atoms with Crippen LogP contribution in [0.3, 0.4) is 0 Å². The van der Waals surface area contributed by atoms with Crippen molar-refractivity contribution in [2.24, 2.45) is 29.6 Å². The number of nitrogens with zero attached hydrogens (tertiary/aromatic N) is 3. The van der Waals surface area contributed by atoms with Gasteiger partial charge in [-0.15, -0.1) is 11.3 Å². The lowest BCUT2D eigenvalue weighted by atomic mass is 9.88. The zero-order valence-electron chi connectivity index (χ0n) is 40.4. The molecule has 0 aliphatic heterocycles. The minimum Gasteiger partial charge on any atom is -0.469 e. The number of hydrogen-bond acceptors (Lipinski definition) is 10. The van der Waals surface area contributed by atoms with Gasteiger partial charge in [0.05, 0.1) is 13.0 Å². The van der Waals surface area contributed by atoms with E-state index in [0.717, 1.165) is 12.0 Å². The van der Waals surface area contributed by atoms with Gasteiger partial charge in [-0.25, -0.2) is 9.78 Å². The summed E-state index contributed by atoms with van der Waals surface area (Å²) in [5, 5.41) is 8.61. The Kier molecular flexibility index (Phi) is 22.6. The van der Waals surface area contributed by atoms with E-state index in [-0.39, 0.29) is 59.2 Å². The maximum Gasteiger partial charge on any atom is 0.410 e. The van der Waals surface area contributed by atoms with Crippen LogP contribution >= 0.6 is 11.3 Å². The summed E-state index contributed by atoms with van der Waals surface area (Å²) in [5.41, 5.74) is 0.529. The zero-order valence-corrected chi connectivity index (χ0v) is 41.2. The van der Waals surface area contributed by atoms with Crippen molar-refractivity contribution in [1.82, 2.24) is 25.4 Å². The van der Waals surface area contributed by atoms with Gasteiger partial charge in [-0.05, 0) is 75.7 Å². The summed E-state index contributed by atoms with van der Waals surface area (Å²) < 4.78 is 17.1. The number of benzene rings is 1. The van der Waals surface area contributed by atoms with Gasteiger partial charge in [-0.1, -0.05) is 106 Å². The molecule has 1 aromatic carbocycles. The minimum atomic E-state index is -0.877. The molecule has 0 aliphatic carbocycles. The van der Waals surface area contributed by atoms with Gasteiger partial charge in [0, 0.05) is 44.1 Å². The van der Waals surface area contributed by atoms with Gasteiger partial charge in [0.2, 0.25) is 11.8 Å². The fourth-order valence-electron chi connectivity index (χ4n) is 7.45. The highest BCUT2D eigenvalue weighted by molar-refractivity contribution is 7.09. The van der Waals surface area contributed by atoms with Gasteiger partial charge in [-0.2, -0.15) is 0 Å². The molecule has 14 heteroatoms. The summed E-state index contributed by atoms with van der Waals surface area (Å²) in [6.07, 6.45) is 2.29. The highest BCUT2D eigenvalue weighted by Gasteiger charge is 2.41. The monoisotopic (exact) mass is 886 g/mol. The molecule has 0 fully saturated rings. The van der Waals surface area contributed by atoms with E-state index in [4.69, 9.17) is 19.2 Å². The first-order chi connectivity index (χ1) is 29.1. The smallest absolute Gasteiger partial charge is 0.410 e. The van der Waals surface area contributed by atoms with E-state index in [0.29, 0.717) is 50.3 Å². The molecule has 2 rings (SSSR count). The van der Waals surface area contributed by atoms with Crippen LogP contribution in [0.2, 0.25) is 0 Å². The summed E-state index contributed by atoms with van der Waals surface area (Å²) in [5.74, 6) is -2.11. The molecule has 0 saturated heterocycles. The van der Waals surface area contributed by atoms with E-state index in [2.05, 4.69) is 24.5 Å². The predicted molar refractivity (Wildman–Crippen MR) is 247 cm³/mol. The molecule has 1 heterocycles. The number of nitrogens with one attached hydrogen (secondary N) is 2. The lowest BCUT2D eigenvalue weighted by Gasteiger charge is -2.40. The normalized spacial score (nSPS) is 15.7. The van der Waals surface area contributed by atoms with Crippen molar-refractivity contribution >= 4 is 41.1 Å². The third kappa shape index (κ3) is 16.6. The SMILES string of the molecule is CCCO[C@H](C[C@H](C(C)C)N(CCC)C(=O)[C@@H](NC(=O)[C@H]([C@@H](C)C(C)C)N(C)C(=O)OC(C)(C)C)[C@@H](C)CC)c1nc(C(=O)N[C@@H](Cc2ccccc2)C[C@H](C)C(=O)OC)cs1. The van der Waals surface area contributed by atoms with E-state index in [1.54, 1.807) is 40.1 Å². The standard InChI is InChI=1S/C48H79N5O8S/c1-16-24-53(45(56)40(32(8)18-3)51-43(55)41(34(10)30(4)5)52(14)47(58)61-48(11,12)13)38(31(6)7)28-39(60-25-17-2)44-50-37(29-62-44)42(54)49-36(26-33(9)46(57)59-15)27-35-22-20-19-21-23-35/h19-23,29-34,36,38-41H,16-18,24-28H2,1-15H3,(H,49,54)(H,51,55)/t32-,33-,34-,36+,38+,39+,40-,41-/m0/s1. The van der Waals surface area contributed by atoms with E-state index < -0.39 is 41.7 Å². The second-order valence-corrected chi connectivity index (χ2v) is 19.4. The third-order valence-electron chi connectivity index (χ3n) is 11.5. The van der Waals surface area contributed by atoms with Crippen molar-refractivity contribution in [2.45, 2.75) is 164 Å².